The minimum absolute atomic E-state index is 0.0291. The standard InChI is InChI=1S/C18H22N6O/c1-22-11-7-19-17(18(22)25)23-9-5-14(6-10-23)20-12-15-13-24-8-3-2-4-16(24)21-15/h2-4,7-8,11,13-14,20H,5-6,9-10,12H2,1H3. The molecule has 1 aliphatic rings. The Morgan fingerprint density at radius 2 is 2.08 bits per heavy atom. The van der Waals surface area contributed by atoms with Crippen molar-refractivity contribution in [3.05, 3.63) is 59.0 Å². The Kier molecular flexibility index (Phi) is 4.23. The van der Waals surface area contributed by atoms with Crippen molar-refractivity contribution in [1.29, 1.82) is 0 Å². The number of hydrogen-bond acceptors (Lipinski definition) is 5. The summed E-state index contributed by atoms with van der Waals surface area (Å²) in [4.78, 5) is 23.1. The second-order valence-corrected chi connectivity index (χ2v) is 6.51. The molecule has 0 aliphatic carbocycles. The molecule has 7 heteroatoms. The fraction of sp³-hybridized carbons (Fsp3) is 0.389. The van der Waals surface area contributed by atoms with E-state index in [9.17, 15) is 4.79 Å². The quantitative estimate of drug-likeness (QED) is 0.774. The first-order valence-electron chi connectivity index (χ1n) is 8.63. The third-order valence-corrected chi connectivity index (χ3v) is 4.78. The van der Waals surface area contributed by atoms with Crippen molar-refractivity contribution >= 4 is 11.5 Å². The first-order valence-corrected chi connectivity index (χ1v) is 8.63. The van der Waals surface area contributed by atoms with E-state index in [4.69, 9.17) is 0 Å². The van der Waals surface area contributed by atoms with Gasteiger partial charge in [-0.2, -0.15) is 0 Å². The molecule has 130 valence electrons. The zero-order valence-corrected chi connectivity index (χ0v) is 14.3. The molecule has 4 rings (SSSR count). The van der Waals surface area contributed by atoms with E-state index in [1.807, 2.05) is 28.8 Å². The third kappa shape index (κ3) is 3.28. The Balaban J connectivity index is 1.34. The van der Waals surface area contributed by atoms with Crippen LogP contribution in [0.4, 0.5) is 5.82 Å². The van der Waals surface area contributed by atoms with Crippen LogP contribution in [0.25, 0.3) is 5.65 Å². The monoisotopic (exact) mass is 338 g/mol. The first-order chi connectivity index (χ1) is 12.2. The van der Waals surface area contributed by atoms with Gasteiger partial charge in [0.15, 0.2) is 5.82 Å². The van der Waals surface area contributed by atoms with Crippen molar-refractivity contribution in [2.45, 2.75) is 25.4 Å². The van der Waals surface area contributed by atoms with Gasteiger partial charge in [-0.1, -0.05) is 6.07 Å². The predicted octanol–water partition coefficient (Wildman–Crippen LogP) is 1.19. The summed E-state index contributed by atoms with van der Waals surface area (Å²) in [6, 6.07) is 6.45. The number of anilines is 1. The van der Waals surface area contributed by atoms with E-state index in [1.54, 1.807) is 24.0 Å². The summed E-state index contributed by atoms with van der Waals surface area (Å²) >= 11 is 0. The van der Waals surface area contributed by atoms with Crippen LogP contribution in [0.3, 0.4) is 0 Å². The molecule has 0 spiro atoms. The van der Waals surface area contributed by atoms with Crippen molar-refractivity contribution < 1.29 is 0 Å². The largest absolute Gasteiger partial charge is 0.352 e. The molecule has 7 nitrogen and oxygen atoms in total. The molecule has 1 fully saturated rings. The summed E-state index contributed by atoms with van der Waals surface area (Å²) in [6.07, 6.45) is 9.44. The fourth-order valence-corrected chi connectivity index (χ4v) is 3.32. The summed E-state index contributed by atoms with van der Waals surface area (Å²) in [5.74, 6) is 0.559. The van der Waals surface area contributed by atoms with Gasteiger partial charge in [0.1, 0.15) is 5.65 Å². The Bertz CT molecular complexity index is 889. The van der Waals surface area contributed by atoms with Gasteiger partial charge in [0, 0.05) is 57.5 Å². The van der Waals surface area contributed by atoms with Gasteiger partial charge in [-0.05, 0) is 25.0 Å². The van der Waals surface area contributed by atoms with E-state index >= 15 is 0 Å². The van der Waals surface area contributed by atoms with Gasteiger partial charge < -0.3 is 19.2 Å². The van der Waals surface area contributed by atoms with Gasteiger partial charge in [-0.15, -0.1) is 0 Å². The lowest BCUT2D eigenvalue weighted by Gasteiger charge is -2.32. The molecule has 3 aromatic rings. The Labute approximate surface area is 145 Å². The third-order valence-electron chi connectivity index (χ3n) is 4.78. The van der Waals surface area contributed by atoms with Gasteiger partial charge in [0.25, 0.3) is 5.56 Å². The molecule has 0 atom stereocenters. The number of rotatable bonds is 4. The van der Waals surface area contributed by atoms with Crippen LogP contribution in [0, 0.1) is 0 Å². The van der Waals surface area contributed by atoms with Crippen LogP contribution in [0.1, 0.15) is 18.5 Å². The van der Waals surface area contributed by atoms with Crippen molar-refractivity contribution in [3.63, 3.8) is 0 Å². The molecule has 1 aliphatic heterocycles. The van der Waals surface area contributed by atoms with Crippen LogP contribution < -0.4 is 15.8 Å². The maximum atomic E-state index is 12.2. The Morgan fingerprint density at radius 3 is 2.88 bits per heavy atom. The van der Waals surface area contributed by atoms with Crippen LogP contribution in [0.15, 0.2) is 47.8 Å². The summed E-state index contributed by atoms with van der Waals surface area (Å²) in [6.45, 7) is 2.45. The van der Waals surface area contributed by atoms with Crippen molar-refractivity contribution in [2.24, 2.45) is 7.05 Å². The average molecular weight is 338 g/mol. The normalized spacial score (nSPS) is 15.8. The maximum Gasteiger partial charge on any atom is 0.293 e. The smallest absolute Gasteiger partial charge is 0.293 e. The highest BCUT2D eigenvalue weighted by molar-refractivity contribution is 5.39. The van der Waals surface area contributed by atoms with Gasteiger partial charge in [0.2, 0.25) is 0 Å². The molecule has 0 saturated carbocycles. The van der Waals surface area contributed by atoms with E-state index < -0.39 is 0 Å². The Morgan fingerprint density at radius 1 is 1.24 bits per heavy atom. The predicted molar refractivity (Wildman–Crippen MR) is 96.7 cm³/mol. The number of imidazole rings is 1. The fourth-order valence-electron chi connectivity index (χ4n) is 3.32. The lowest BCUT2D eigenvalue weighted by atomic mass is 10.1. The number of aryl methyl sites for hydroxylation is 1. The topological polar surface area (TPSA) is 67.5 Å². The van der Waals surface area contributed by atoms with Crippen LogP contribution in [0.5, 0.6) is 0 Å². The SMILES string of the molecule is Cn1ccnc(N2CCC(NCc3cn4ccccc4n3)CC2)c1=O. The molecule has 1 N–H and O–H groups in total. The molecule has 0 amide bonds. The van der Waals surface area contributed by atoms with Gasteiger partial charge in [-0.25, -0.2) is 9.97 Å². The zero-order valence-electron chi connectivity index (χ0n) is 14.3. The molecule has 0 radical (unpaired) electrons. The molecule has 0 bridgehead atoms. The molecule has 1 saturated heterocycles. The van der Waals surface area contributed by atoms with Crippen LogP contribution in [-0.2, 0) is 13.6 Å². The van der Waals surface area contributed by atoms with Gasteiger partial charge in [0.05, 0.1) is 5.69 Å². The highest BCUT2D eigenvalue weighted by atomic mass is 16.1. The molecule has 3 aromatic heterocycles. The van der Waals surface area contributed by atoms with E-state index in [1.165, 1.54) is 0 Å². The van der Waals surface area contributed by atoms with Crippen LogP contribution in [0.2, 0.25) is 0 Å². The number of pyridine rings is 1. The highest BCUT2D eigenvalue weighted by Gasteiger charge is 2.22. The number of hydrogen-bond donors (Lipinski definition) is 1. The van der Waals surface area contributed by atoms with Gasteiger partial charge in [-0.3, -0.25) is 4.79 Å². The average Bonchev–Trinajstić information content (AvgIpc) is 3.06. The number of aromatic nitrogens is 4. The second-order valence-electron chi connectivity index (χ2n) is 6.51. The highest BCUT2D eigenvalue weighted by Crippen LogP contribution is 2.15. The lowest BCUT2D eigenvalue weighted by molar-refractivity contribution is 0.410. The molecule has 0 aromatic carbocycles. The number of fused-ring (bicyclic) bond motifs is 1. The van der Waals surface area contributed by atoms with Crippen molar-refractivity contribution in [3.8, 4) is 0 Å². The summed E-state index contributed by atoms with van der Waals surface area (Å²) in [5, 5.41) is 3.59. The van der Waals surface area contributed by atoms with E-state index in [2.05, 4.69) is 26.4 Å². The molecule has 4 heterocycles. The van der Waals surface area contributed by atoms with E-state index in [0.29, 0.717) is 11.9 Å². The molecular formula is C18H22N6O. The minimum Gasteiger partial charge on any atom is -0.352 e. The summed E-state index contributed by atoms with van der Waals surface area (Å²) in [5.41, 5.74) is 1.99. The Hall–Kier alpha value is -2.67. The first kappa shape index (κ1) is 15.8. The van der Waals surface area contributed by atoms with Gasteiger partial charge >= 0.3 is 0 Å². The summed E-state index contributed by atoms with van der Waals surface area (Å²) in [7, 11) is 1.76. The van der Waals surface area contributed by atoms with Crippen LogP contribution >= 0.6 is 0 Å². The number of nitrogens with zero attached hydrogens (tertiary/aromatic N) is 5. The molecule has 0 unspecified atom stereocenters. The van der Waals surface area contributed by atoms with E-state index in [-0.39, 0.29) is 5.56 Å². The number of nitrogens with one attached hydrogen (secondary N) is 1. The van der Waals surface area contributed by atoms with Crippen molar-refractivity contribution in [1.82, 2.24) is 24.3 Å². The minimum atomic E-state index is -0.0291. The lowest BCUT2D eigenvalue weighted by Crippen LogP contribution is -2.44. The van der Waals surface area contributed by atoms with E-state index in [0.717, 1.165) is 43.8 Å². The van der Waals surface area contributed by atoms with Crippen LogP contribution in [-0.4, -0.2) is 38.1 Å². The maximum absolute atomic E-state index is 12.2. The summed E-state index contributed by atoms with van der Waals surface area (Å²) < 4.78 is 3.62. The number of piperidine rings is 1. The van der Waals surface area contributed by atoms with Crippen molar-refractivity contribution in [2.75, 3.05) is 18.0 Å². The second kappa shape index (κ2) is 6.68. The zero-order chi connectivity index (χ0) is 17.2. The molecular weight excluding hydrogens is 316 g/mol. The molecule has 25 heavy (non-hydrogen) atoms.